The van der Waals surface area contributed by atoms with Crippen LogP contribution in [0.3, 0.4) is 0 Å². The fraction of sp³-hybridized carbons (Fsp3) is 0.444. The van der Waals surface area contributed by atoms with Crippen LogP contribution in [-0.4, -0.2) is 72.0 Å². The molecule has 2 heterocycles. The van der Waals surface area contributed by atoms with Gasteiger partial charge in [-0.15, -0.1) is 0 Å². The molecule has 9 heteroatoms. The lowest BCUT2D eigenvalue weighted by Gasteiger charge is -2.41. The van der Waals surface area contributed by atoms with Crippen LogP contribution in [0.4, 0.5) is 10.5 Å². The van der Waals surface area contributed by atoms with Gasteiger partial charge < -0.3 is 19.4 Å². The van der Waals surface area contributed by atoms with Crippen molar-refractivity contribution in [2.75, 3.05) is 40.4 Å². The van der Waals surface area contributed by atoms with Crippen LogP contribution in [0.25, 0.3) is 0 Å². The number of non-ortho nitro benzene ring substituents is 1. The Morgan fingerprint density at radius 2 is 1.78 bits per heavy atom. The lowest BCUT2D eigenvalue weighted by Crippen LogP contribution is -2.50. The predicted octanol–water partition coefficient (Wildman–Crippen LogP) is 1.77. The minimum Gasteiger partial charge on any atom is -0.378 e. The maximum Gasteiger partial charge on any atom is 0.324 e. The van der Waals surface area contributed by atoms with Crippen molar-refractivity contribution in [1.82, 2.24) is 14.7 Å². The third-order valence-corrected chi connectivity index (χ3v) is 5.09. The summed E-state index contributed by atoms with van der Waals surface area (Å²) in [4.78, 5) is 41.0. The maximum absolute atomic E-state index is 13.3. The Kier molecular flexibility index (Phi) is 5.13. The smallest absolute Gasteiger partial charge is 0.324 e. The number of nitro groups is 1. The van der Waals surface area contributed by atoms with Gasteiger partial charge in [-0.25, -0.2) is 4.79 Å². The summed E-state index contributed by atoms with van der Waals surface area (Å²) in [5.41, 5.74) is 1.69. The normalized spacial score (nSPS) is 20.9. The number of morpholine rings is 1. The molecule has 1 saturated heterocycles. The van der Waals surface area contributed by atoms with Crippen molar-refractivity contribution >= 4 is 17.6 Å². The largest absolute Gasteiger partial charge is 0.378 e. The highest BCUT2D eigenvalue weighted by molar-refractivity contribution is 5.98. The molecule has 0 saturated carbocycles. The monoisotopic (exact) mass is 374 g/mol. The zero-order valence-electron chi connectivity index (χ0n) is 15.5. The van der Waals surface area contributed by atoms with Gasteiger partial charge >= 0.3 is 6.03 Å². The van der Waals surface area contributed by atoms with E-state index in [4.69, 9.17) is 4.74 Å². The van der Waals surface area contributed by atoms with Crippen LogP contribution >= 0.6 is 0 Å². The summed E-state index contributed by atoms with van der Waals surface area (Å²) in [5.74, 6) is -0.148. The van der Waals surface area contributed by atoms with Gasteiger partial charge in [-0.2, -0.15) is 0 Å². The number of urea groups is 1. The predicted molar refractivity (Wildman–Crippen MR) is 96.9 cm³/mol. The molecule has 0 aromatic heterocycles. The molecule has 9 nitrogen and oxygen atoms in total. The standard InChI is InChI=1S/C18H22N4O5/c1-12-15(17(23)21-8-10-27-11-9-21)16(20(3)18(24)19(12)2)13-4-6-14(7-5-13)22(25)26/h4-7,16H,8-11H2,1-3H3/t16-/m1/s1. The highest BCUT2D eigenvalue weighted by Gasteiger charge is 2.40. The van der Waals surface area contributed by atoms with Crippen LogP contribution in [0, 0.1) is 10.1 Å². The van der Waals surface area contributed by atoms with E-state index in [1.807, 2.05) is 0 Å². The van der Waals surface area contributed by atoms with Crippen molar-refractivity contribution in [3.05, 3.63) is 51.2 Å². The summed E-state index contributed by atoms with van der Waals surface area (Å²) in [7, 11) is 3.26. The Labute approximate surface area is 156 Å². The topological polar surface area (TPSA) is 96.2 Å². The number of hydrogen-bond donors (Lipinski definition) is 0. The minimum absolute atomic E-state index is 0.0394. The zero-order chi connectivity index (χ0) is 19.7. The number of amides is 3. The van der Waals surface area contributed by atoms with Crippen LogP contribution in [0.15, 0.2) is 35.5 Å². The number of allylic oxidation sites excluding steroid dienone is 1. The molecule has 3 rings (SSSR count). The first kappa shape index (κ1) is 18.8. The van der Waals surface area contributed by atoms with Gasteiger partial charge in [0.2, 0.25) is 0 Å². The fourth-order valence-electron chi connectivity index (χ4n) is 3.44. The molecule has 1 fully saturated rings. The van der Waals surface area contributed by atoms with E-state index < -0.39 is 11.0 Å². The molecule has 0 unspecified atom stereocenters. The van der Waals surface area contributed by atoms with Gasteiger partial charge in [-0.3, -0.25) is 14.9 Å². The Morgan fingerprint density at radius 3 is 2.33 bits per heavy atom. The molecule has 0 bridgehead atoms. The summed E-state index contributed by atoms with van der Waals surface area (Å²) >= 11 is 0. The number of nitro benzene ring substituents is 1. The van der Waals surface area contributed by atoms with Gasteiger partial charge in [0.05, 0.1) is 29.8 Å². The van der Waals surface area contributed by atoms with E-state index in [1.165, 1.54) is 21.9 Å². The van der Waals surface area contributed by atoms with Crippen LogP contribution in [0.1, 0.15) is 18.5 Å². The van der Waals surface area contributed by atoms with Crippen molar-refractivity contribution in [2.45, 2.75) is 13.0 Å². The molecule has 0 spiro atoms. The lowest BCUT2D eigenvalue weighted by atomic mass is 9.92. The van der Waals surface area contributed by atoms with Gasteiger partial charge in [-0.05, 0) is 24.6 Å². The van der Waals surface area contributed by atoms with E-state index in [1.54, 1.807) is 38.1 Å². The van der Waals surface area contributed by atoms with Crippen molar-refractivity contribution in [3.63, 3.8) is 0 Å². The zero-order valence-corrected chi connectivity index (χ0v) is 15.5. The van der Waals surface area contributed by atoms with E-state index in [-0.39, 0.29) is 17.6 Å². The maximum atomic E-state index is 13.3. The number of benzene rings is 1. The molecule has 0 N–H and O–H groups in total. The molecular weight excluding hydrogens is 352 g/mol. The summed E-state index contributed by atoms with van der Waals surface area (Å²) in [6, 6.07) is 5.12. The molecule has 1 aromatic rings. The van der Waals surface area contributed by atoms with E-state index in [9.17, 15) is 19.7 Å². The first-order valence-electron chi connectivity index (χ1n) is 8.65. The second kappa shape index (κ2) is 7.36. The third-order valence-electron chi connectivity index (χ3n) is 5.09. The van der Waals surface area contributed by atoms with Gasteiger partial charge in [0.25, 0.3) is 11.6 Å². The van der Waals surface area contributed by atoms with Crippen molar-refractivity contribution in [2.24, 2.45) is 0 Å². The lowest BCUT2D eigenvalue weighted by molar-refractivity contribution is -0.384. The second-order valence-corrected chi connectivity index (χ2v) is 6.61. The van der Waals surface area contributed by atoms with Crippen LogP contribution < -0.4 is 0 Å². The Hall–Kier alpha value is -2.94. The van der Waals surface area contributed by atoms with Crippen molar-refractivity contribution in [1.29, 1.82) is 0 Å². The summed E-state index contributed by atoms with van der Waals surface area (Å²) in [6.45, 7) is 3.68. The Bertz CT molecular complexity index is 798. The quantitative estimate of drug-likeness (QED) is 0.593. The molecule has 0 radical (unpaired) electrons. The second-order valence-electron chi connectivity index (χ2n) is 6.61. The molecule has 144 valence electrons. The molecule has 1 atom stereocenters. The first-order chi connectivity index (χ1) is 12.8. The van der Waals surface area contributed by atoms with Crippen molar-refractivity contribution in [3.8, 4) is 0 Å². The molecule has 0 aliphatic carbocycles. The van der Waals surface area contributed by atoms with Crippen LogP contribution in [0.5, 0.6) is 0 Å². The molecule has 3 amide bonds. The number of likely N-dealkylation sites (N-methyl/N-ethyl adjacent to an activating group) is 1. The van der Waals surface area contributed by atoms with E-state index in [0.29, 0.717) is 43.1 Å². The van der Waals surface area contributed by atoms with Crippen molar-refractivity contribution < 1.29 is 19.2 Å². The SMILES string of the molecule is CC1=C(C(=O)N2CCOCC2)[C@@H](c2ccc([N+](=O)[O-])cc2)N(C)C(=O)N1C. The number of carbonyl (C=O) groups is 2. The Balaban J connectivity index is 2.05. The molecule has 1 aromatic carbocycles. The minimum atomic E-state index is -0.607. The number of nitrogens with zero attached hydrogens (tertiary/aromatic N) is 4. The molecular formula is C18H22N4O5. The average Bonchev–Trinajstić information content (AvgIpc) is 2.69. The van der Waals surface area contributed by atoms with Crippen LogP contribution in [-0.2, 0) is 9.53 Å². The number of rotatable bonds is 3. The summed E-state index contributed by atoms with van der Waals surface area (Å²) in [6.07, 6.45) is 0. The number of hydrogen-bond acceptors (Lipinski definition) is 5. The van der Waals surface area contributed by atoms with Crippen LogP contribution in [0.2, 0.25) is 0 Å². The Morgan fingerprint density at radius 1 is 1.19 bits per heavy atom. The van der Waals surface area contributed by atoms with E-state index >= 15 is 0 Å². The van der Waals surface area contributed by atoms with Gasteiger partial charge in [-0.1, -0.05) is 0 Å². The van der Waals surface area contributed by atoms with Gasteiger partial charge in [0.1, 0.15) is 0 Å². The highest BCUT2D eigenvalue weighted by atomic mass is 16.6. The summed E-state index contributed by atoms with van der Waals surface area (Å²) < 4.78 is 5.32. The molecule has 2 aliphatic rings. The van der Waals surface area contributed by atoms with E-state index in [2.05, 4.69) is 0 Å². The van der Waals surface area contributed by atoms with Gasteiger partial charge in [0.15, 0.2) is 0 Å². The number of ether oxygens (including phenoxy) is 1. The third kappa shape index (κ3) is 3.37. The summed E-state index contributed by atoms with van der Waals surface area (Å²) in [5, 5.41) is 10.9. The van der Waals surface area contributed by atoms with E-state index in [0.717, 1.165) is 0 Å². The fourth-order valence-corrected chi connectivity index (χ4v) is 3.44. The van der Waals surface area contributed by atoms with Gasteiger partial charge in [0, 0.05) is 45.0 Å². The highest BCUT2D eigenvalue weighted by Crippen LogP contribution is 2.37. The molecule has 2 aliphatic heterocycles. The number of carbonyl (C=O) groups excluding carboxylic acids is 2. The molecule has 27 heavy (non-hydrogen) atoms. The first-order valence-corrected chi connectivity index (χ1v) is 8.65. The average molecular weight is 374 g/mol.